The predicted octanol–water partition coefficient (Wildman–Crippen LogP) is 4.25. The van der Waals surface area contributed by atoms with Gasteiger partial charge in [-0.2, -0.15) is 0 Å². The molecule has 2 aromatic carbocycles. The average Bonchev–Trinajstić information content (AvgIpc) is 2.94. The summed E-state index contributed by atoms with van der Waals surface area (Å²) in [6.07, 6.45) is 2.30. The summed E-state index contributed by atoms with van der Waals surface area (Å²) >= 11 is 0. The van der Waals surface area contributed by atoms with Crippen LogP contribution >= 0.6 is 0 Å². The van der Waals surface area contributed by atoms with Gasteiger partial charge in [0.25, 0.3) is 0 Å². The van der Waals surface area contributed by atoms with Gasteiger partial charge in [0, 0.05) is 6.42 Å². The van der Waals surface area contributed by atoms with Crippen LogP contribution in [0.25, 0.3) is 11.1 Å². The number of rotatable bonds is 5. The number of hydrogen-bond acceptors (Lipinski definition) is 3. The zero-order valence-corrected chi connectivity index (χ0v) is 12.5. The summed E-state index contributed by atoms with van der Waals surface area (Å²) in [5.41, 5.74) is 4.88. The molecule has 0 saturated heterocycles. The third-order valence-corrected chi connectivity index (χ3v) is 3.82. The molecule has 3 rings (SSSR count). The van der Waals surface area contributed by atoms with Crippen molar-refractivity contribution < 1.29 is 9.32 Å². The third kappa shape index (κ3) is 2.84. The molecule has 0 bridgehead atoms. The maximum absolute atomic E-state index is 11.1. The Morgan fingerprint density at radius 1 is 1.00 bits per heavy atom. The van der Waals surface area contributed by atoms with Gasteiger partial charge in [0.2, 0.25) is 0 Å². The van der Waals surface area contributed by atoms with Crippen LogP contribution < -0.4 is 0 Å². The number of aromatic nitrogens is 1. The lowest BCUT2D eigenvalue weighted by molar-refractivity contribution is 0.112. The first-order chi connectivity index (χ1) is 10.8. The first-order valence-corrected chi connectivity index (χ1v) is 7.33. The molecule has 0 aliphatic heterocycles. The summed E-state index contributed by atoms with van der Waals surface area (Å²) < 4.78 is 5.27. The van der Waals surface area contributed by atoms with Gasteiger partial charge in [-0.15, -0.1) is 0 Å². The van der Waals surface area contributed by atoms with Crippen molar-refractivity contribution in [2.75, 3.05) is 0 Å². The van der Waals surface area contributed by atoms with Crippen LogP contribution in [0.4, 0.5) is 0 Å². The Hall–Kier alpha value is -2.68. The highest BCUT2D eigenvalue weighted by Gasteiger charge is 2.13. The average molecular weight is 291 g/mol. The molecule has 3 aromatic rings. The summed E-state index contributed by atoms with van der Waals surface area (Å²) in [7, 11) is 0. The van der Waals surface area contributed by atoms with Crippen molar-refractivity contribution in [3.8, 4) is 11.1 Å². The van der Waals surface area contributed by atoms with E-state index in [-0.39, 0.29) is 0 Å². The second-order valence-corrected chi connectivity index (χ2v) is 5.25. The Morgan fingerprint density at radius 2 is 1.73 bits per heavy atom. The minimum Gasteiger partial charge on any atom is -0.360 e. The lowest BCUT2D eigenvalue weighted by atomic mass is 9.96. The summed E-state index contributed by atoms with van der Waals surface area (Å²) in [6, 6.07) is 18.6. The number of hydrogen-bond donors (Lipinski definition) is 0. The van der Waals surface area contributed by atoms with Crippen LogP contribution in [0.2, 0.25) is 0 Å². The van der Waals surface area contributed by atoms with Gasteiger partial charge in [-0.3, -0.25) is 4.79 Å². The van der Waals surface area contributed by atoms with Crippen LogP contribution in [-0.4, -0.2) is 11.4 Å². The summed E-state index contributed by atoms with van der Waals surface area (Å²) in [4.78, 5) is 11.1. The molecular formula is C19H17NO2. The van der Waals surface area contributed by atoms with E-state index in [1.165, 1.54) is 16.7 Å². The van der Waals surface area contributed by atoms with Crippen molar-refractivity contribution in [2.45, 2.75) is 19.8 Å². The molecule has 0 spiro atoms. The molecule has 0 saturated carbocycles. The molecule has 0 radical (unpaired) electrons. The molecule has 3 nitrogen and oxygen atoms in total. The highest BCUT2D eigenvalue weighted by molar-refractivity contribution is 5.77. The Kier molecular flexibility index (Phi) is 4.15. The molecule has 110 valence electrons. The van der Waals surface area contributed by atoms with Crippen molar-refractivity contribution in [3.05, 3.63) is 77.2 Å². The molecule has 1 aromatic heterocycles. The van der Waals surface area contributed by atoms with Gasteiger partial charge >= 0.3 is 0 Å². The van der Waals surface area contributed by atoms with Crippen LogP contribution in [-0.2, 0) is 12.8 Å². The van der Waals surface area contributed by atoms with Gasteiger partial charge in [0.15, 0.2) is 6.29 Å². The van der Waals surface area contributed by atoms with E-state index in [0.717, 1.165) is 12.7 Å². The van der Waals surface area contributed by atoms with E-state index >= 15 is 0 Å². The van der Waals surface area contributed by atoms with E-state index in [0.29, 0.717) is 23.4 Å². The molecule has 0 aliphatic carbocycles. The predicted molar refractivity (Wildman–Crippen MR) is 85.9 cm³/mol. The molecule has 0 amide bonds. The maximum atomic E-state index is 11.1. The number of aldehydes is 1. The molecule has 0 N–H and O–H groups in total. The summed E-state index contributed by atoms with van der Waals surface area (Å²) in [6.45, 7) is 1.79. The molecule has 1 heterocycles. The fourth-order valence-corrected chi connectivity index (χ4v) is 2.64. The number of carbonyl (C=O) groups excluding carboxylic acids is 1. The maximum Gasteiger partial charge on any atom is 0.155 e. The monoisotopic (exact) mass is 291 g/mol. The number of nitrogens with zero attached hydrogens (tertiary/aromatic N) is 1. The Bertz CT molecular complexity index is 775. The highest BCUT2D eigenvalue weighted by atomic mass is 16.5. The Balaban J connectivity index is 1.86. The first kappa shape index (κ1) is 14.3. The number of aryl methyl sites for hydroxylation is 3. The van der Waals surface area contributed by atoms with Gasteiger partial charge in [-0.25, -0.2) is 0 Å². The lowest BCUT2D eigenvalue weighted by Crippen LogP contribution is -1.96. The summed E-state index contributed by atoms with van der Waals surface area (Å²) in [5.74, 6) is 0.662. The number of benzene rings is 2. The molecule has 3 heteroatoms. The molecule has 0 fully saturated rings. The number of carbonyl (C=O) groups is 1. The smallest absolute Gasteiger partial charge is 0.155 e. The molecule has 0 aliphatic rings. The molecule has 22 heavy (non-hydrogen) atoms. The normalized spacial score (nSPS) is 10.6. The quantitative estimate of drug-likeness (QED) is 0.660. The zero-order valence-electron chi connectivity index (χ0n) is 12.5. The Morgan fingerprint density at radius 3 is 2.50 bits per heavy atom. The zero-order chi connectivity index (χ0) is 15.4. The highest BCUT2D eigenvalue weighted by Crippen LogP contribution is 2.25. The van der Waals surface area contributed by atoms with Gasteiger partial charge < -0.3 is 4.52 Å². The largest absolute Gasteiger partial charge is 0.360 e. The topological polar surface area (TPSA) is 43.1 Å². The van der Waals surface area contributed by atoms with E-state index in [1.54, 1.807) is 6.92 Å². The van der Waals surface area contributed by atoms with E-state index in [1.807, 2.05) is 30.3 Å². The minimum absolute atomic E-state index is 0.581. The van der Waals surface area contributed by atoms with Gasteiger partial charge in [-0.1, -0.05) is 59.8 Å². The van der Waals surface area contributed by atoms with Crippen molar-refractivity contribution in [1.82, 2.24) is 5.16 Å². The fraction of sp³-hybridized carbons (Fsp3) is 0.158. The van der Waals surface area contributed by atoms with E-state index < -0.39 is 0 Å². The van der Waals surface area contributed by atoms with Crippen LogP contribution in [0, 0.1) is 6.92 Å². The summed E-state index contributed by atoms with van der Waals surface area (Å²) in [5, 5.41) is 3.87. The second-order valence-electron chi connectivity index (χ2n) is 5.25. The lowest BCUT2D eigenvalue weighted by Gasteiger charge is -2.09. The molecular weight excluding hydrogens is 274 g/mol. The van der Waals surface area contributed by atoms with Crippen molar-refractivity contribution in [2.24, 2.45) is 0 Å². The van der Waals surface area contributed by atoms with Crippen molar-refractivity contribution in [3.63, 3.8) is 0 Å². The SMILES string of the molecule is Cc1noc(CCc2ccccc2-c2ccccc2)c1C=O. The Labute approximate surface area is 129 Å². The van der Waals surface area contributed by atoms with Crippen LogP contribution in [0.1, 0.15) is 27.4 Å². The first-order valence-electron chi connectivity index (χ1n) is 7.33. The van der Waals surface area contributed by atoms with Crippen molar-refractivity contribution >= 4 is 6.29 Å². The standard InChI is InChI=1S/C19H17NO2/c1-14-18(13-21)19(22-20-14)12-11-16-9-5-6-10-17(16)15-7-3-2-4-8-15/h2-10,13H,11-12H2,1H3. The van der Waals surface area contributed by atoms with Crippen LogP contribution in [0.5, 0.6) is 0 Å². The van der Waals surface area contributed by atoms with Gasteiger partial charge in [0.05, 0.1) is 11.3 Å². The molecule has 0 atom stereocenters. The van der Waals surface area contributed by atoms with Gasteiger partial charge in [0.1, 0.15) is 5.76 Å². The van der Waals surface area contributed by atoms with Crippen LogP contribution in [0.15, 0.2) is 59.1 Å². The second kappa shape index (κ2) is 6.39. The minimum atomic E-state index is 0.581. The van der Waals surface area contributed by atoms with Gasteiger partial charge in [-0.05, 0) is 30.0 Å². The third-order valence-electron chi connectivity index (χ3n) is 3.82. The van der Waals surface area contributed by atoms with Crippen molar-refractivity contribution in [1.29, 1.82) is 0 Å². The van der Waals surface area contributed by atoms with Crippen LogP contribution in [0.3, 0.4) is 0 Å². The van der Waals surface area contributed by atoms with E-state index in [9.17, 15) is 4.79 Å². The fourth-order valence-electron chi connectivity index (χ4n) is 2.64. The van der Waals surface area contributed by atoms with E-state index in [4.69, 9.17) is 4.52 Å². The molecule has 0 unspecified atom stereocenters. The van der Waals surface area contributed by atoms with E-state index in [2.05, 4.69) is 29.4 Å².